The van der Waals surface area contributed by atoms with Crippen LogP contribution in [0.25, 0.3) is 28.2 Å². The lowest BCUT2D eigenvalue weighted by Crippen LogP contribution is -2.43. The molecule has 1 amide bonds. The lowest BCUT2D eigenvalue weighted by molar-refractivity contribution is -0.149. The van der Waals surface area contributed by atoms with Gasteiger partial charge in [0.2, 0.25) is 0 Å². The van der Waals surface area contributed by atoms with E-state index in [2.05, 4.69) is 5.10 Å². The Bertz CT molecular complexity index is 1370. The smallest absolute Gasteiger partial charge is 0.310 e. The number of hydrogen-bond donors (Lipinski definition) is 0. The molecule has 1 atom stereocenters. The van der Waals surface area contributed by atoms with E-state index in [0.29, 0.717) is 60.8 Å². The van der Waals surface area contributed by atoms with Crippen molar-refractivity contribution in [3.05, 3.63) is 78.2 Å². The maximum absolute atomic E-state index is 13.7. The lowest BCUT2D eigenvalue weighted by Gasteiger charge is -2.31. The highest BCUT2D eigenvalue weighted by Gasteiger charge is 2.31. The molecule has 1 aliphatic rings. The molecule has 0 bridgehead atoms. The number of esters is 1. The molecular formula is C27H25FN4O3. The quantitative estimate of drug-likeness (QED) is 0.396. The van der Waals surface area contributed by atoms with Crippen LogP contribution in [0.1, 0.15) is 30.3 Å². The van der Waals surface area contributed by atoms with E-state index in [1.54, 1.807) is 34.5 Å². The first-order chi connectivity index (χ1) is 17.0. The Hall–Kier alpha value is -4.07. The van der Waals surface area contributed by atoms with E-state index in [4.69, 9.17) is 9.72 Å². The standard InChI is InChI=1S/C27H25FN4O3/c1-2-35-27(34)20-9-6-14-31(17-20)26(33)24-15-22(19-10-12-21(28)13-11-19)29-25-16-23(30-32(24)25)18-7-4-3-5-8-18/h3-5,7-8,10-13,15-16,20H,2,6,9,14,17H2,1H3. The van der Waals surface area contributed by atoms with E-state index >= 15 is 0 Å². The van der Waals surface area contributed by atoms with Gasteiger partial charge in [-0.2, -0.15) is 5.10 Å². The number of carbonyl (C=O) groups excluding carboxylic acids is 2. The first-order valence-electron chi connectivity index (χ1n) is 11.7. The Balaban J connectivity index is 1.58. The van der Waals surface area contributed by atoms with Crippen LogP contribution in [0.4, 0.5) is 4.39 Å². The van der Waals surface area contributed by atoms with Gasteiger partial charge in [0, 0.05) is 30.3 Å². The maximum Gasteiger partial charge on any atom is 0.310 e. The SMILES string of the molecule is CCOC(=O)C1CCCN(C(=O)c2cc(-c3ccc(F)cc3)nc3cc(-c4ccccc4)nn23)C1. The zero-order valence-electron chi connectivity index (χ0n) is 19.4. The minimum atomic E-state index is -0.348. The number of fused-ring (bicyclic) bond motifs is 1. The minimum Gasteiger partial charge on any atom is -0.466 e. The molecule has 2 aromatic heterocycles. The number of hydrogen-bond acceptors (Lipinski definition) is 5. The van der Waals surface area contributed by atoms with Crippen LogP contribution in [0.2, 0.25) is 0 Å². The van der Waals surface area contributed by atoms with Gasteiger partial charge in [0.1, 0.15) is 11.5 Å². The second-order valence-corrected chi connectivity index (χ2v) is 8.54. The summed E-state index contributed by atoms with van der Waals surface area (Å²) in [5, 5.41) is 4.69. The number of halogens is 1. The summed E-state index contributed by atoms with van der Waals surface area (Å²) in [6.07, 6.45) is 1.40. The summed E-state index contributed by atoms with van der Waals surface area (Å²) in [7, 11) is 0. The summed E-state index contributed by atoms with van der Waals surface area (Å²) in [6.45, 7) is 2.92. The summed E-state index contributed by atoms with van der Waals surface area (Å²) in [4.78, 5) is 32.5. The lowest BCUT2D eigenvalue weighted by atomic mass is 9.98. The monoisotopic (exact) mass is 472 g/mol. The molecule has 2 aromatic carbocycles. The van der Waals surface area contributed by atoms with Gasteiger partial charge in [-0.1, -0.05) is 30.3 Å². The molecular weight excluding hydrogens is 447 g/mol. The summed E-state index contributed by atoms with van der Waals surface area (Å²) < 4.78 is 20.3. The second-order valence-electron chi connectivity index (χ2n) is 8.54. The van der Waals surface area contributed by atoms with Crippen LogP contribution in [-0.4, -0.2) is 51.1 Å². The Kier molecular flexibility index (Phi) is 6.27. The summed E-state index contributed by atoms with van der Waals surface area (Å²) >= 11 is 0. The largest absolute Gasteiger partial charge is 0.466 e. The zero-order chi connectivity index (χ0) is 24.4. The van der Waals surface area contributed by atoms with E-state index in [0.717, 1.165) is 5.56 Å². The zero-order valence-corrected chi connectivity index (χ0v) is 19.4. The first kappa shape index (κ1) is 22.7. The Morgan fingerprint density at radius 3 is 2.51 bits per heavy atom. The van der Waals surface area contributed by atoms with Crippen LogP contribution >= 0.6 is 0 Å². The third kappa shape index (κ3) is 4.64. The number of piperidine rings is 1. The predicted octanol–water partition coefficient (Wildman–Crippen LogP) is 4.62. The Morgan fingerprint density at radius 2 is 1.77 bits per heavy atom. The van der Waals surface area contributed by atoms with Crippen LogP contribution in [0.15, 0.2) is 66.7 Å². The van der Waals surface area contributed by atoms with Crippen molar-refractivity contribution in [3.8, 4) is 22.5 Å². The molecule has 0 N–H and O–H groups in total. The van der Waals surface area contributed by atoms with Crippen molar-refractivity contribution in [2.24, 2.45) is 5.92 Å². The molecule has 5 rings (SSSR count). The van der Waals surface area contributed by atoms with Crippen LogP contribution < -0.4 is 0 Å². The molecule has 8 heteroatoms. The second kappa shape index (κ2) is 9.66. The van der Waals surface area contributed by atoms with Crippen molar-refractivity contribution >= 4 is 17.5 Å². The Morgan fingerprint density at radius 1 is 1.03 bits per heavy atom. The highest BCUT2D eigenvalue weighted by molar-refractivity contribution is 5.95. The van der Waals surface area contributed by atoms with Crippen molar-refractivity contribution in [2.75, 3.05) is 19.7 Å². The molecule has 0 spiro atoms. The minimum absolute atomic E-state index is 0.238. The van der Waals surface area contributed by atoms with Crippen molar-refractivity contribution in [3.63, 3.8) is 0 Å². The number of aromatic nitrogens is 3. The van der Waals surface area contributed by atoms with E-state index in [9.17, 15) is 14.0 Å². The summed E-state index contributed by atoms with van der Waals surface area (Å²) in [5.74, 6) is -1.21. The normalized spacial score (nSPS) is 15.8. The number of carbonyl (C=O) groups is 2. The first-order valence-corrected chi connectivity index (χ1v) is 11.7. The van der Waals surface area contributed by atoms with Gasteiger partial charge in [-0.25, -0.2) is 13.9 Å². The topological polar surface area (TPSA) is 76.8 Å². The highest BCUT2D eigenvalue weighted by atomic mass is 19.1. The molecule has 1 fully saturated rings. The fourth-order valence-corrected chi connectivity index (χ4v) is 4.42. The number of nitrogens with zero attached hydrogens (tertiary/aromatic N) is 4. The fourth-order valence-electron chi connectivity index (χ4n) is 4.42. The molecule has 0 saturated carbocycles. The van der Waals surface area contributed by atoms with Gasteiger partial charge in [-0.3, -0.25) is 9.59 Å². The van der Waals surface area contributed by atoms with Crippen molar-refractivity contribution < 1.29 is 18.7 Å². The van der Waals surface area contributed by atoms with Crippen LogP contribution in [0, 0.1) is 11.7 Å². The third-order valence-corrected chi connectivity index (χ3v) is 6.18. The molecule has 1 aliphatic heterocycles. The maximum atomic E-state index is 13.7. The summed E-state index contributed by atoms with van der Waals surface area (Å²) in [5.41, 5.74) is 3.66. The van der Waals surface area contributed by atoms with Gasteiger partial charge in [-0.05, 0) is 50.1 Å². The van der Waals surface area contributed by atoms with E-state index in [1.807, 2.05) is 36.4 Å². The molecule has 0 radical (unpaired) electrons. The number of ether oxygens (including phenoxy) is 1. The molecule has 178 valence electrons. The van der Waals surface area contributed by atoms with Crippen LogP contribution in [-0.2, 0) is 9.53 Å². The van der Waals surface area contributed by atoms with Gasteiger partial charge in [0.25, 0.3) is 5.91 Å². The molecule has 4 aromatic rings. The third-order valence-electron chi connectivity index (χ3n) is 6.18. The molecule has 1 saturated heterocycles. The summed E-state index contributed by atoms with van der Waals surface area (Å²) in [6, 6.07) is 19.2. The molecule has 3 heterocycles. The molecule has 35 heavy (non-hydrogen) atoms. The van der Waals surface area contributed by atoms with E-state index in [1.165, 1.54) is 12.1 Å². The highest BCUT2D eigenvalue weighted by Crippen LogP contribution is 2.26. The predicted molar refractivity (Wildman–Crippen MR) is 129 cm³/mol. The van der Waals surface area contributed by atoms with E-state index < -0.39 is 0 Å². The molecule has 1 unspecified atom stereocenters. The van der Waals surface area contributed by atoms with Gasteiger partial charge in [-0.15, -0.1) is 0 Å². The van der Waals surface area contributed by atoms with Gasteiger partial charge >= 0.3 is 5.97 Å². The number of rotatable bonds is 5. The van der Waals surface area contributed by atoms with Crippen molar-refractivity contribution in [1.82, 2.24) is 19.5 Å². The number of amides is 1. The fraction of sp³-hybridized carbons (Fsp3) is 0.259. The molecule has 7 nitrogen and oxygen atoms in total. The molecule has 0 aliphatic carbocycles. The van der Waals surface area contributed by atoms with E-state index in [-0.39, 0.29) is 23.6 Å². The number of likely N-dealkylation sites (tertiary alicyclic amines) is 1. The van der Waals surface area contributed by atoms with Crippen molar-refractivity contribution in [2.45, 2.75) is 19.8 Å². The van der Waals surface area contributed by atoms with Gasteiger partial charge < -0.3 is 9.64 Å². The van der Waals surface area contributed by atoms with Gasteiger partial charge in [0.05, 0.1) is 23.9 Å². The number of benzene rings is 2. The average molecular weight is 473 g/mol. The van der Waals surface area contributed by atoms with Crippen molar-refractivity contribution in [1.29, 1.82) is 0 Å². The average Bonchev–Trinajstić information content (AvgIpc) is 3.33. The van der Waals surface area contributed by atoms with Crippen LogP contribution in [0.5, 0.6) is 0 Å². The van der Waals surface area contributed by atoms with Crippen LogP contribution in [0.3, 0.4) is 0 Å². The Labute approximate surface area is 202 Å². The van der Waals surface area contributed by atoms with Gasteiger partial charge in [0.15, 0.2) is 5.65 Å².